The molecule has 174 valence electrons. The third-order valence-corrected chi connectivity index (χ3v) is 6.19. The molecule has 1 heterocycles. The van der Waals surface area contributed by atoms with Gasteiger partial charge in [0.05, 0.1) is 13.7 Å². The number of nitrogens with one attached hydrogen (secondary N) is 1. The van der Waals surface area contributed by atoms with Crippen molar-refractivity contribution in [2.75, 3.05) is 26.7 Å². The van der Waals surface area contributed by atoms with Gasteiger partial charge in [-0.2, -0.15) is 0 Å². The van der Waals surface area contributed by atoms with Crippen LogP contribution in [0, 0.1) is 11.7 Å². The van der Waals surface area contributed by atoms with Gasteiger partial charge < -0.3 is 19.9 Å². The number of halogens is 1. The number of benzene rings is 1. The molecule has 9 heteroatoms. The van der Waals surface area contributed by atoms with E-state index in [1.165, 1.54) is 42.0 Å². The molecule has 0 aromatic heterocycles. The molecule has 3 rings (SSSR count). The summed E-state index contributed by atoms with van der Waals surface area (Å²) in [7, 11) is 1.23. The molecule has 0 unspecified atom stereocenters. The van der Waals surface area contributed by atoms with Crippen LogP contribution in [0.15, 0.2) is 24.3 Å². The zero-order valence-corrected chi connectivity index (χ0v) is 18.5. The van der Waals surface area contributed by atoms with Crippen LogP contribution in [0.2, 0.25) is 0 Å². The van der Waals surface area contributed by atoms with Gasteiger partial charge in [0.15, 0.2) is 0 Å². The van der Waals surface area contributed by atoms with Crippen LogP contribution in [0.1, 0.15) is 49.4 Å². The first-order valence-electron chi connectivity index (χ1n) is 11.1. The van der Waals surface area contributed by atoms with Gasteiger partial charge in [-0.25, -0.2) is 9.18 Å². The van der Waals surface area contributed by atoms with E-state index in [0.29, 0.717) is 0 Å². The van der Waals surface area contributed by atoms with E-state index in [4.69, 9.17) is 0 Å². The highest BCUT2D eigenvalue weighted by molar-refractivity contribution is 5.96. The Morgan fingerprint density at radius 2 is 1.84 bits per heavy atom. The number of esters is 1. The van der Waals surface area contributed by atoms with Crippen LogP contribution in [0.3, 0.4) is 0 Å². The molecule has 1 saturated carbocycles. The topological polar surface area (TPSA) is 96.0 Å². The van der Waals surface area contributed by atoms with Crippen LogP contribution in [-0.4, -0.2) is 72.3 Å². The van der Waals surface area contributed by atoms with E-state index >= 15 is 0 Å². The summed E-state index contributed by atoms with van der Waals surface area (Å²) in [4.78, 5) is 54.0. The Bertz CT molecular complexity index is 871. The lowest BCUT2D eigenvalue weighted by molar-refractivity contribution is -0.149. The summed E-state index contributed by atoms with van der Waals surface area (Å²) in [6.07, 6.45) is 4.62. The third-order valence-electron chi connectivity index (χ3n) is 6.19. The third kappa shape index (κ3) is 5.44. The lowest BCUT2D eigenvalue weighted by atomic mass is 9.87. The van der Waals surface area contributed by atoms with Crippen LogP contribution in [0.25, 0.3) is 0 Å². The largest absolute Gasteiger partial charge is 0.467 e. The number of ether oxygens (including phenoxy) is 1. The molecule has 1 aliphatic carbocycles. The van der Waals surface area contributed by atoms with Gasteiger partial charge in [0.25, 0.3) is 5.91 Å². The van der Waals surface area contributed by atoms with Crippen LogP contribution in [0.4, 0.5) is 4.39 Å². The summed E-state index contributed by atoms with van der Waals surface area (Å²) in [5.74, 6) is -2.29. The number of hydrogen-bond donors (Lipinski definition) is 1. The number of methoxy groups -OCH3 is 1. The first-order chi connectivity index (χ1) is 15.3. The predicted octanol–water partition coefficient (Wildman–Crippen LogP) is 1.74. The fourth-order valence-corrected chi connectivity index (χ4v) is 4.39. The summed E-state index contributed by atoms with van der Waals surface area (Å²) in [5, 5.41) is 2.59. The number of piperazine rings is 1. The number of amides is 3. The SMILES string of the molecule is COC(=O)[C@@H](C)NC(=O)[C@@H]1CN(C(=O)c2cccc(F)c2)CCN1C(=O)C1CCCCC1. The highest BCUT2D eigenvalue weighted by Gasteiger charge is 2.40. The van der Waals surface area contributed by atoms with E-state index in [1.807, 2.05) is 0 Å². The van der Waals surface area contributed by atoms with Crippen molar-refractivity contribution in [1.82, 2.24) is 15.1 Å². The van der Waals surface area contributed by atoms with E-state index in [2.05, 4.69) is 10.1 Å². The number of carbonyl (C=O) groups excluding carboxylic acids is 4. The van der Waals surface area contributed by atoms with E-state index in [1.54, 1.807) is 0 Å². The number of rotatable bonds is 5. The molecule has 1 aromatic rings. The Hall–Kier alpha value is -2.97. The minimum absolute atomic E-state index is 0.0342. The van der Waals surface area contributed by atoms with Crippen LogP contribution >= 0.6 is 0 Å². The quantitative estimate of drug-likeness (QED) is 0.694. The zero-order chi connectivity index (χ0) is 23.3. The molecule has 1 saturated heterocycles. The van der Waals surface area contributed by atoms with Gasteiger partial charge in [0.2, 0.25) is 11.8 Å². The molecule has 0 bridgehead atoms. The van der Waals surface area contributed by atoms with Gasteiger partial charge in [-0.1, -0.05) is 25.3 Å². The van der Waals surface area contributed by atoms with Crippen molar-refractivity contribution < 1.29 is 28.3 Å². The van der Waals surface area contributed by atoms with Gasteiger partial charge in [-0.15, -0.1) is 0 Å². The second-order valence-electron chi connectivity index (χ2n) is 8.40. The van der Waals surface area contributed by atoms with Gasteiger partial charge in [0.1, 0.15) is 17.9 Å². The van der Waals surface area contributed by atoms with Crippen LogP contribution in [0.5, 0.6) is 0 Å². The lowest BCUT2D eigenvalue weighted by Crippen LogP contribution is -2.63. The Morgan fingerprint density at radius 3 is 2.50 bits per heavy atom. The second kappa shape index (κ2) is 10.6. The highest BCUT2D eigenvalue weighted by Crippen LogP contribution is 2.27. The Labute approximate surface area is 187 Å². The maximum absolute atomic E-state index is 13.6. The maximum Gasteiger partial charge on any atom is 0.328 e. The maximum atomic E-state index is 13.6. The van der Waals surface area contributed by atoms with E-state index in [-0.39, 0.29) is 37.0 Å². The smallest absolute Gasteiger partial charge is 0.328 e. The fourth-order valence-electron chi connectivity index (χ4n) is 4.39. The monoisotopic (exact) mass is 447 g/mol. The number of carbonyl (C=O) groups is 4. The van der Waals surface area contributed by atoms with Crippen molar-refractivity contribution in [3.63, 3.8) is 0 Å². The van der Waals surface area contributed by atoms with Crippen molar-refractivity contribution in [2.24, 2.45) is 5.92 Å². The van der Waals surface area contributed by atoms with Gasteiger partial charge >= 0.3 is 5.97 Å². The molecule has 0 spiro atoms. The van der Waals surface area contributed by atoms with Crippen molar-refractivity contribution in [3.05, 3.63) is 35.6 Å². The van der Waals surface area contributed by atoms with Gasteiger partial charge in [-0.05, 0) is 38.0 Å². The molecule has 2 fully saturated rings. The highest BCUT2D eigenvalue weighted by atomic mass is 19.1. The van der Waals surface area contributed by atoms with Crippen LogP contribution in [-0.2, 0) is 19.1 Å². The summed E-state index contributed by atoms with van der Waals surface area (Å²) in [6, 6.07) is 3.53. The van der Waals surface area contributed by atoms with Crippen LogP contribution < -0.4 is 5.32 Å². The van der Waals surface area contributed by atoms with Crippen molar-refractivity contribution in [3.8, 4) is 0 Å². The summed E-state index contributed by atoms with van der Waals surface area (Å²) < 4.78 is 18.3. The molecule has 1 N–H and O–H groups in total. The molecule has 1 aliphatic heterocycles. The number of hydrogen-bond acceptors (Lipinski definition) is 5. The minimum Gasteiger partial charge on any atom is -0.467 e. The molecule has 8 nitrogen and oxygen atoms in total. The summed E-state index contributed by atoms with van der Waals surface area (Å²) in [5.41, 5.74) is 0.180. The summed E-state index contributed by atoms with van der Waals surface area (Å²) >= 11 is 0. The average Bonchev–Trinajstić information content (AvgIpc) is 2.82. The molecule has 32 heavy (non-hydrogen) atoms. The van der Waals surface area contributed by atoms with Gasteiger partial charge in [-0.3, -0.25) is 14.4 Å². The zero-order valence-electron chi connectivity index (χ0n) is 18.5. The second-order valence-corrected chi connectivity index (χ2v) is 8.40. The predicted molar refractivity (Wildman–Crippen MR) is 114 cm³/mol. The van der Waals surface area contributed by atoms with Crippen molar-refractivity contribution in [2.45, 2.75) is 51.1 Å². The number of nitrogens with zero attached hydrogens (tertiary/aromatic N) is 2. The Morgan fingerprint density at radius 1 is 1.12 bits per heavy atom. The van der Waals surface area contributed by atoms with Crippen molar-refractivity contribution >= 4 is 23.7 Å². The molecule has 2 atom stereocenters. The van der Waals surface area contributed by atoms with E-state index in [9.17, 15) is 23.6 Å². The first-order valence-corrected chi connectivity index (χ1v) is 11.1. The van der Waals surface area contributed by atoms with Gasteiger partial charge in [0, 0.05) is 24.6 Å². The molecule has 3 amide bonds. The summed E-state index contributed by atoms with van der Waals surface area (Å²) in [6.45, 7) is 1.90. The molecule has 0 radical (unpaired) electrons. The first kappa shape index (κ1) is 23.7. The minimum atomic E-state index is -0.942. The van der Waals surface area contributed by atoms with E-state index < -0.39 is 35.7 Å². The molecular formula is C23H30FN3O5. The molecule has 2 aliphatic rings. The Kier molecular flexibility index (Phi) is 7.82. The Balaban J connectivity index is 1.79. The van der Waals surface area contributed by atoms with E-state index in [0.717, 1.165) is 38.2 Å². The van der Waals surface area contributed by atoms with Crippen molar-refractivity contribution in [1.29, 1.82) is 0 Å². The molecule has 1 aromatic carbocycles. The average molecular weight is 448 g/mol. The molecular weight excluding hydrogens is 417 g/mol. The fraction of sp³-hybridized carbons (Fsp3) is 0.565. The normalized spacial score (nSPS) is 20.4. The standard InChI is InChI=1S/C23H30FN3O5/c1-15(23(31)32-2)25-20(28)19-14-26(21(29)17-9-6-10-18(24)13-17)11-12-27(19)22(30)16-7-4-3-5-8-16/h6,9-10,13,15-16,19H,3-5,7-8,11-12,14H2,1-2H3,(H,25,28)/t15-,19+/m1/s1. The lowest BCUT2D eigenvalue weighted by Gasteiger charge is -2.42.